The maximum Gasteiger partial charge on any atom is 0.415 e. The van der Waals surface area contributed by atoms with Crippen LogP contribution in [0.15, 0.2) is 41.2 Å². The number of nitrogens with zero attached hydrogens (tertiary/aromatic N) is 1. The lowest BCUT2D eigenvalue weighted by Gasteiger charge is -2.25. The number of carbonyl (C=O) groups excluding carboxylic acids is 2. The zero-order valence-electron chi connectivity index (χ0n) is 13.8. The summed E-state index contributed by atoms with van der Waals surface area (Å²) in [6.45, 7) is 6.24. The topological polar surface area (TPSA) is 88.4 Å². The van der Waals surface area contributed by atoms with Crippen LogP contribution in [0.4, 0.5) is 4.79 Å². The molecule has 1 aromatic carbocycles. The summed E-state index contributed by atoms with van der Waals surface area (Å²) in [5.41, 5.74) is 8.75. The average molecular weight is 404 g/mol. The Morgan fingerprint density at radius 3 is 2.76 bits per heavy atom. The van der Waals surface area contributed by atoms with Crippen molar-refractivity contribution < 1.29 is 14.3 Å². The van der Waals surface area contributed by atoms with Crippen molar-refractivity contribution in [3.8, 4) is 0 Å². The number of hydrogen-bond acceptors (Lipinski definition) is 3. The van der Waals surface area contributed by atoms with Gasteiger partial charge in [0.2, 0.25) is 0 Å². The molecule has 1 aromatic heterocycles. The molecule has 1 aliphatic heterocycles. The molecule has 3 rings (SSSR count). The third kappa shape index (κ3) is 3.46. The summed E-state index contributed by atoms with van der Waals surface area (Å²) in [5, 5.41) is 0.924. The predicted octanol–water partition coefficient (Wildman–Crippen LogP) is 3.79. The molecule has 0 atom stereocenters. The van der Waals surface area contributed by atoms with Gasteiger partial charge in [-0.3, -0.25) is 4.79 Å². The van der Waals surface area contributed by atoms with E-state index in [0.717, 1.165) is 26.5 Å². The summed E-state index contributed by atoms with van der Waals surface area (Å²) in [7, 11) is 0. The summed E-state index contributed by atoms with van der Waals surface area (Å²) >= 11 is 3.43. The maximum atomic E-state index is 11.9. The highest BCUT2D eigenvalue weighted by Gasteiger charge is 2.21. The van der Waals surface area contributed by atoms with Crippen molar-refractivity contribution in [1.82, 2.24) is 9.88 Å². The van der Waals surface area contributed by atoms with E-state index in [2.05, 4.69) is 27.5 Å². The number of carbonyl (C=O) groups is 2. The van der Waals surface area contributed by atoms with Gasteiger partial charge >= 0.3 is 6.09 Å². The quantitative estimate of drug-likeness (QED) is 0.763. The number of nitrogens with two attached hydrogens (primary N) is 1. The van der Waals surface area contributed by atoms with Gasteiger partial charge in [-0.15, -0.1) is 0 Å². The largest absolute Gasteiger partial charge is 0.416 e. The number of H-pyrrole nitrogens is 1. The van der Waals surface area contributed by atoms with E-state index in [1.165, 1.54) is 0 Å². The van der Waals surface area contributed by atoms with Gasteiger partial charge < -0.3 is 20.4 Å². The number of ether oxygens (including phenoxy) is 1. The van der Waals surface area contributed by atoms with Gasteiger partial charge in [0.15, 0.2) is 0 Å². The zero-order valence-corrected chi connectivity index (χ0v) is 15.4. The number of hydrogen-bond donors (Lipinski definition) is 2. The minimum absolute atomic E-state index is 0.375. The predicted molar refractivity (Wildman–Crippen MR) is 100.0 cm³/mol. The number of rotatable bonds is 3. The lowest BCUT2D eigenvalue weighted by Crippen LogP contribution is -2.34. The molecular formula is C18H18BrN3O3. The average Bonchev–Trinajstić information content (AvgIpc) is 2.97. The Morgan fingerprint density at radius 2 is 2.16 bits per heavy atom. The van der Waals surface area contributed by atoms with Crippen molar-refractivity contribution >= 4 is 44.4 Å². The minimum atomic E-state index is -0.481. The van der Waals surface area contributed by atoms with Gasteiger partial charge in [-0.2, -0.15) is 0 Å². The third-order valence-corrected chi connectivity index (χ3v) is 4.55. The van der Waals surface area contributed by atoms with Crippen LogP contribution >= 0.6 is 15.9 Å². The van der Waals surface area contributed by atoms with Gasteiger partial charge in [-0.25, -0.2) is 4.79 Å². The van der Waals surface area contributed by atoms with E-state index >= 15 is 0 Å². The monoisotopic (exact) mass is 403 g/mol. The molecule has 0 fully saturated rings. The highest BCUT2D eigenvalue weighted by atomic mass is 79.9. The second-order valence-electron chi connectivity index (χ2n) is 5.94. The SMILES string of the molecule is C=C(C)OC(=O)N1CC=C(c2c[nH]c3c(C(N)=O)cc(Br)cc23)CC1. The first-order chi connectivity index (χ1) is 11.9. The number of fused-ring (bicyclic) bond motifs is 1. The molecular weight excluding hydrogens is 386 g/mol. The lowest BCUT2D eigenvalue weighted by molar-refractivity contribution is 0.100. The first-order valence-electron chi connectivity index (χ1n) is 7.79. The highest BCUT2D eigenvalue weighted by molar-refractivity contribution is 9.10. The second-order valence-corrected chi connectivity index (χ2v) is 6.85. The van der Waals surface area contributed by atoms with Gasteiger partial charge in [0.1, 0.15) is 0 Å². The fourth-order valence-corrected chi connectivity index (χ4v) is 3.41. The Morgan fingerprint density at radius 1 is 1.40 bits per heavy atom. The number of aromatic nitrogens is 1. The Bertz CT molecular complexity index is 914. The number of amides is 2. The van der Waals surface area contributed by atoms with Crippen molar-refractivity contribution in [1.29, 1.82) is 0 Å². The van der Waals surface area contributed by atoms with Crippen molar-refractivity contribution in [2.24, 2.45) is 5.73 Å². The van der Waals surface area contributed by atoms with Crippen LogP contribution in [0.3, 0.4) is 0 Å². The molecule has 0 unspecified atom stereocenters. The number of benzene rings is 1. The van der Waals surface area contributed by atoms with E-state index in [4.69, 9.17) is 10.5 Å². The Hall–Kier alpha value is -2.54. The Kier molecular flexibility index (Phi) is 4.67. The summed E-state index contributed by atoms with van der Waals surface area (Å²) in [5.74, 6) is -0.105. The molecule has 25 heavy (non-hydrogen) atoms. The van der Waals surface area contributed by atoms with Crippen LogP contribution in [0.25, 0.3) is 16.5 Å². The van der Waals surface area contributed by atoms with Gasteiger partial charge in [0.05, 0.1) is 16.8 Å². The summed E-state index contributed by atoms with van der Waals surface area (Å²) in [4.78, 5) is 28.4. The minimum Gasteiger partial charge on any atom is -0.416 e. The van der Waals surface area contributed by atoms with Gasteiger partial charge in [0.25, 0.3) is 5.91 Å². The highest BCUT2D eigenvalue weighted by Crippen LogP contribution is 2.33. The third-order valence-electron chi connectivity index (χ3n) is 4.09. The van der Waals surface area contributed by atoms with Crippen LogP contribution < -0.4 is 5.73 Å². The molecule has 7 heteroatoms. The number of primary amides is 1. The van der Waals surface area contributed by atoms with E-state index in [1.54, 1.807) is 17.9 Å². The van der Waals surface area contributed by atoms with Crippen molar-refractivity contribution in [2.45, 2.75) is 13.3 Å². The van der Waals surface area contributed by atoms with E-state index in [0.29, 0.717) is 30.8 Å². The molecule has 0 radical (unpaired) electrons. The molecule has 3 N–H and O–H groups in total. The van der Waals surface area contributed by atoms with Crippen molar-refractivity contribution in [2.75, 3.05) is 13.1 Å². The summed E-state index contributed by atoms with van der Waals surface area (Å²) < 4.78 is 5.83. The van der Waals surface area contributed by atoms with E-state index < -0.39 is 5.91 Å². The molecule has 6 nitrogen and oxygen atoms in total. The van der Waals surface area contributed by atoms with Crippen LogP contribution in [0, 0.1) is 0 Å². The molecule has 2 amide bonds. The Labute approximate surface area is 153 Å². The van der Waals surface area contributed by atoms with Crippen molar-refractivity contribution in [3.63, 3.8) is 0 Å². The van der Waals surface area contributed by atoms with E-state index in [9.17, 15) is 9.59 Å². The molecule has 0 bridgehead atoms. The summed E-state index contributed by atoms with van der Waals surface area (Å²) in [6.07, 6.45) is 4.17. The number of aromatic amines is 1. The van der Waals surface area contributed by atoms with Crippen LogP contribution in [-0.4, -0.2) is 35.0 Å². The molecule has 2 heterocycles. The zero-order chi connectivity index (χ0) is 18.1. The van der Waals surface area contributed by atoms with Crippen molar-refractivity contribution in [3.05, 3.63) is 52.3 Å². The molecule has 0 saturated carbocycles. The molecule has 0 saturated heterocycles. The molecule has 1 aliphatic rings. The van der Waals surface area contributed by atoms with Gasteiger partial charge in [-0.1, -0.05) is 28.6 Å². The molecule has 0 spiro atoms. The van der Waals surface area contributed by atoms with Gasteiger partial charge in [-0.05, 0) is 31.1 Å². The van der Waals surface area contributed by atoms with Crippen LogP contribution in [0.5, 0.6) is 0 Å². The maximum absolute atomic E-state index is 11.9. The number of nitrogens with one attached hydrogen (secondary N) is 1. The lowest BCUT2D eigenvalue weighted by atomic mass is 9.98. The van der Waals surface area contributed by atoms with Crippen LogP contribution in [0.2, 0.25) is 0 Å². The molecule has 130 valence electrons. The second kappa shape index (κ2) is 6.76. The van der Waals surface area contributed by atoms with Crippen LogP contribution in [-0.2, 0) is 4.74 Å². The Balaban J connectivity index is 1.91. The normalized spacial score (nSPS) is 14.3. The van der Waals surface area contributed by atoms with E-state index in [-0.39, 0.29) is 6.09 Å². The first-order valence-corrected chi connectivity index (χ1v) is 8.58. The van der Waals surface area contributed by atoms with Crippen LogP contribution in [0.1, 0.15) is 29.3 Å². The molecule has 0 aliphatic carbocycles. The van der Waals surface area contributed by atoms with E-state index in [1.807, 2.05) is 18.3 Å². The standard InChI is InChI=1S/C18H18BrN3O3/c1-10(2)25-18(24)22-5-3-11(4-6-22)15-9-21-16-13(15)7-12(19)8-14(16)17(20)23/h3,7-9,21H,1,4-6H2,2H3,(H2,20,23). The smallest absolute Gasteiger partial charge is 0.415 e. The van der Waals surface area contributed by atoms with Gasteiger partial charge in [0, 0.05) is 34.7 Å². The fraction of sp³-hybridized carbons (Fsp3) is 0.222. The fourth-order valence-electron chi connectivity index (χ4n) is 2.95. The number of allylic oxidation sites excluding steroid dienone is 1. The first kappa shape index (κ1) is 17.3. The number of halogens is 1. The summed E-state index contributed by atoms with van der Waals surface area (Å²) in [6, 6.07) is 3.66. The molecule has 2 aromatic rings.